The third kappa shape index (κ3) is 9.64. The van der Waals surface area contributed by atoms with Gasteiger partial charge < -0.3 is 4.90 Å². The van der Waals surface area contributed by atoms with Crippen molar-refractivity contribution in [2.45, 2.75) is 91.0 Å². The molecule has 0 atom stereocenters. The van der Waals surface area contributed by atoms with Crippen LogP contribution in [0.1, 0.15) is 85.0 Å². The van der Waals surface area contributed by atoms with E-state index in [-0.39, 0.29) is 0 Å². The highest BCUT2D eigenvalue weighted by atomic mass is 15.1. The molecular formula is C16H35N. The molecule has 17 heavy (non-hydrogen) atoms. The van der Waals surface area contributed by atoms with Gasteiger partial charge in [-0.1, -0.05) is 65.7 Å². The molecule has 0 spiro atoms. The maximum absolute atomic E-state index is 2.55. The van der Waals surface area contributed by atoms with Gasteiger partial charge in [-0.3, -0.25) is 0 Å². The minimum absolute atomic E-state index is 0.805. The second-order valence-corrected chi connectivity index (χ2v) is 5.43. The number of hydrogen-bond acceptors (Lipinski definition) is 1. The van der Waals surface area contributed by atoms with E-state index < -0.39 is 0 Å². The van der Waals surface area contributed by atoms with Crippen molar-refractivity contribution in [1.29, 1.82) is 0 Å². The van der Waals surface area contributed by atoms with Gasteiger partial charge >= 0.3 is 0 Å². The molecule has 0 unspecified atom stereocenters. The monoisotopic (exact) mass is 241 g/mol. The highest BCUT2D eigenvalue weighted by Gasteiger charge is 2.08. The number of nitrogens with zero attached hydrogens (tertiary/aromatic N) is 1. The van der Waals surface area contributed by atoms with Crippen LogP contribution in [-0.4, -0.2) is 24.5 Å². The van der Waals surface area contributed by atoms with E-state index in [0.29, 0.717) is 0 Å². The Morgan fingerprint density at radius 2 is 1.18 bits per heavy atom. The molecule has 0 aliphatic rings. The van der Waals surface area contributed by atoms with E-state index in [4.69, 9.17) is 0 Å². The van der Waals surface area contributed by atoms with E-state index in [1.807, 2.05) is 0 Å². The molecular weight excluding hydrogens is 206 g/mol. The van der Waals surface area contributed by atoms with E-state index in [1.54, 1.807) is 0 Å². The van der Waals surface area contributed by atoms with E-state index in [1.165, 1.54) is 70.8 Å². The van der Waals surface area contributed by atoms with Crippen LogP contribution < -0.4 is 0 Å². The smallest absolute Gasteiger partial charge is 0.00869 e. The minimum Gasteiger partial charge on any atom is -0.303 e. The van der Waals surface area contributed by atoms with Gasteiger partial charge in [0.2, 0.25) is 0 Å². The third-order valence-corrected chi connectivity index (χ3v) is 3.93. The summed E-state index contributed by atoms with van der Waals surface area (Å²) in [5, 5.41) is 0. The van der Waals surface area contributed by atoms with Crippen LogP contribution in [0.3, 0.4) is 0 Å². The quantitative estimate of drug-likeness (QED) is 0.422. The molecule has 0 amide bonds. The van der Waals surface area contributed by atoms with Crippen molar-refractivity contribution in [2.75, 3.05) is 13.6 Å². The molecule has 0 aromatic heterocycles. The molecule has 0 aromatic rings. The Labute approximate surface area is 110 Å². The lowest BCUT2D eigenvalue weighted by Gasteiger charge is -2.25. The topological polar surface area (TPSA) is 3.24 Å². The Morgan fingerprint density at radius 3 is 1.65 bits per heavy atom. The van der Waals surface area contributed by atoms with Crippen LogP contribution in [0.5, 0.6) is 0 Å². The molecule has 0 bridgehead atoms. The van der Waals surface area contributed by atoms with E-state index in [0.717, 1.165) is 6.04 Å². The number of unbranched alkanes of at least 4 members (excludes halogenated alkanes) is 7. The molecule has 0 saturated heterocycles. The Balaban J connectivity index is 3.27. The predicted octanol–water partition coefficient (Wildman–Crippen LogP) is 5.25. The molecule has 0 heterocycles. The molecule has 104 valence electrons. The van der Waals surface area contributed by atoms with Crippen molar-refractivity contribution in [3.8, 4) is 0 Å². The molecule has 1 nitrogen and oxygen atoms in total. The largest absolute Gasteiger partial charge is 0.303 e. The summed E-state index contributed by atoms with van der Waals surface area (Å²) in [7, 11) is 2.29. The minimum atomic E-state index is 0.805. The summed E-state index contributed by atoms with van der Waals surface area (Å²) in [6.45, 7) is 8.19. The zero-order chi connectivity index (χ0) is 12.9. The summed E-state index contributed by atoms with van der Waals surface area (Å²) in [5.74, 6) is 0. The van der Waals surface area contributed by atoms with Crippen LogP contribution in [0.15, 0.2) is 0 Å². The summed E-state index contributed by atoms with van der Waals surface area (Å²) >= 11 is 0. The van der Waals surface area contributed by atoms with E-state index >= 15 is 0 Å². The standard InChI is InChI=1S/C16H35N/c1-5-8-9-10-11-12-13-14-15-17(4)16(6-2)7-3/h16H,5-15H2,1-4H3. The van der Waals surface area contributed by atoms with Crippen LogP contribution in [0.25, 0.3) is 0 Å². The molecule has 1 heteroatoms. The SMILES string of the molecule is CCCCCCCCCCN(C)C(CC)CC. The second kappa shape index (κ2) is 12.4. The fourth-order valence-corrected chi connectivity index (χ4v) is 2.59. The maximum atomic E-state index is 2.55. The molecule has 0 saturated carbocycles. The fraction of sp³-hybridized carbons (Fsp3) is 1.00. The normalized spacial score (nSPS) is 11.6. The Bertz CT molecular complexity index is 140. The van der Waals surface area contributed by atoms with Crippen molar-refractivity contribution in [3.63, 3.8) is 0 Å². The fourth-order valence-electron chi connectivity index (χ4n) is 2.59. The molecule has 0 N–H and O–H groups in total. The van der Waals surface area contributed by atoms with Crippen molar-refractivity contribution in [2.24, 2.45) is 0 Å². The van der Waals surface area contributed by atoms with Crippen LogP contribution in [0, 0.1) is 0 Å². The lowest BCUT2D eigenvalue weighted by Crippen LogP contribution is -2.31. The first-order valence-electron chi connectivity index (χ1n) is 7.96. The van der Waals surface area contributed by atoms with Crippen molar-refractivity contribution >= 4 is 0 Å². The zero-order valence-corrected chi connectivity index (χ0v) is 12.8. The second-order valence-electron chi connectivity index (χ2n) is 5.43. The molecule has 0 rings (SSSR count). The van der Waals surface area contributed by atoms with Gasteiger partial charge in [-0.25, -0.2) is 0 Å². The Morgan fingerprint density at radius 1 is 0.706 bits per heavy atom. The summed E-state index contributed by atoms with van der Waals surface area (Å²) in [6.07, 6.45) is 14.0. The number of hydrogen-bond donors (Lipinski definition) is 0. The zero-order valence-electron chi connectivity index (χ0n) is 12.8. The van der Waals surface area contributed by atoms with Gasteiger partial charge in [-0.05, 0) is 32.9 Å². The highest BCUT2D eigenvalue weighted by Crippen LogP contribution is 2.11. The van der Waals surface area contributed by atoms with Gasteiger partial charge in [0.25, 0.3) is 0 Å². The van der Waals surface area contributed by atoms with Crippen molar-refractivity contribution in [3.05, 3.63) is 0 Å². The molecule has 0 aliphatic carbocycles. The summed E-state index contributed by atoms with van der Waals surface area (Å²) in [4.78, 5) is 2.55. The Kier molecular flexibility index (Phi) is 12.4. The van der Waals surface area contributed by atoms with Crippen LogP contribution in [0.2, 0.25) is 0 Å². The molecule has 0 aliphatic heterocycles. The van der Waals surface area contributed by atoms with Crippen LogP contribution in [-0.2, 0) is 0 Å². The van der Waals surface area contributed by atoms with E-state index in [2.05, 4.69) is 32.7 Å². The van der Waals surface area contributed by atoms with E-state index in [9.17, 15) is 0 Å². The van der Waals surface area contributed by atoms with Crippen LogP contribution in [0.4, 0.5) is 0 Å². The predicted molar refractivity (Wildman–Crippen MR) is 79.6 cm³/mol. The van der Waals surface area contributed by atoms with Gasteiger partial charge in [0.15, 0.2) is 0 Å². The van der Waals surface area contributed by atoms with Gasteiger partial charge in [-0.2, -0.15) is 0 Å². The lowest BCUT2D eigenvalue weighted by atomic mass is 10.1. The van der Waals surface area contributed by atoms with Gasteiger partial charge in [0.05, 0.1) is 0 Å². The first-order chi connectivity index (χ1) is 8.26. The first kappa shape index (κ1) is 17.0. The summed E-state index contributed by atoms with van der Waals surface area (Å²) in [5.41, 5.74) is 0. The van der Waals surface area contributed by atoms with Gasteiger partial charge in [0.1, 0.15) is 0 Å². The van der Waals surface area contributed by atoms with Gasteiger partial charge in [-0.15, -0.1) is 0 Å². The Hall–Kier alpha value is -0.0400. The summed E-state index contributed by atoms with van der Waals surface area (Å²) < 4.78 is 0. The number of rotatable bonds is 12. The average molecular weight is 241 g/mol. The third-order valence-electron chi connectivity index (χ3n) is 3.93. The summed E-state index contributed by atoms with van der Waals surface area (Å²) in [6, 6.07) is 0.805. The van der Waals surface area contributed by atoms with Crippen molar-refractivity contribution < 1.29 is 0 Å². The lowest BCUT2D eigenvalue weighted by molar-refractivity contribution is 0.225. The van der Waals surface area contributed by atoms with Crippen LogP contribution >= 0.6 is 0 Å². The molecule has 0 fully saturated rings. The average Bonchev–Trinajstić information content (AvgIpc) is 2.34. The van der Waals surface area contributed by atoms with Gasteiger partial charge in [0, 0.05) is 6.04 Å². The first-order valence-corrected chi connectivity index (χ1v) is 7.96. The van der Waals surface area contributed by atoms with Crippen molar-refractivity contribution in [1.82, 2.24) is 4.90 Å². The maximum Gasteiger partial charge on any atom is 0.00869 e. The highest BCUT2D eigenvalue weighted by molar-refractivity contribution is 4.64. The molecule has 0 radical (unpaired) electrons. The molecule has 0 aromatic carbocycles.